The van der Waals surface area contributed by atoms with Crippen LogP contribution in [0.15, 0.2) is 24.3 Å². The fourth-order valence-corrected chi connectivity index (χ4v) is 1.76. The first kappa shape index (κ1) is 14.5. The minimum absolute atomic E-state index is 0.0611. The second-order valence-corrected chi connectivity index (χ2v) is 4.72. The zero-order chi connectivity index (χ0) is 13.5. The van der Waals surface area contributed by atoms with Crippen molar-refractivity contribution in [2.75, 3.05) is 39.5 Å². The molecule has 0 spiro atoms. The summed E-state index contributed by atoms with van der Waals surface area (Å²) in [6, 6.07) is 7.16. The lowest BCUT2D eigenvalue weighted by Gasteiger charge is -2.24. The number of amides is 1. The Kier molecular flexibility index (Phi) is 5.65. The molecule has 0 aliphatic carbocycles. The van der Waals surface area contributed by atoms with E-state index in [-0.39, 0.29) is 5.91 Å². The molecule has 4 nitrogen and oxygen atoms in total. The molecule has 0 saturated carbocycles. The molecule has 1 amide bonds. The molecule has 0 unspecified atom stereocenters. The number of nitrogens with two attached hydrogens (primary N) is 1. The zero-order valence-corrected chi connectivity index (χ0v) is 11.5. The van der Waals surface area contributed by atoms with E-state index in [0.29, 0.717) is 11.3 Å². The lowest BCUT2D eigenvalue weighted by molar-refractivity contribution is 0.0745. The van der Waals surface area contributed by atoms with Crippen LogP contribution in [-0.4, -0.2) is 49.4 Å². The van der Waals surface area contributed by atoms with Crippen molar-refractivity contribution < 1.29 is 4.79 Å². The first-order valence-electron chi connectivity index (χ1n) is 6.34. The predicted octanol–water partition coefficient (Wildman–Crippen LogP) is 1.68. The lowest BCUT2D eigenvalue weighted by atomic mass is 10.1. The van der Waals surface area contributed by atoms with Gasteiger partial charge in [-0.1, -0.05) is 13.0 Å². The smallest absolute Gasteiger partial charge is 0.253 e. The first-order valence-corrected chi connectivity index (χ1v) is 6.34. The third kappa shape index (κ3) is 4.37. The summed E-state index contributed by atoms with van der Waals surface area (Å²) in [6.45, 7) is 4.47. The molecule has 1 rings (SSSR count). The van der Waals surface area contributed by atoms with Crippen molar-refractivity contribution in [2.45, 2.75) is 13.3 Å². The molecule has 0 fully saturated rings. The number of anilines is 1. The predicted molar refractivity (Wildman–Crippen MR) is 75.6 cm³/mol. The summed E-state index contributed by atoms with van der Waals surface area (Å²) in [5.41, 5.74) is 7.01. The number of hydrogen-bond acceptors (Lipinski definition) is 3. The first-order chi connectivity index (χ1) is 8.54. The van der Waals surface area contributed by atoms with Gasteiger partial charge in [-0.05, 0) is 38.7 Å². The van der Waals surface area contributed by atoms with E-state index in [0.717, 1.165) is 26.1 Å². The van der Waals surface area contributed by atoms with Gasteiger partial charge < -0.3 is 15.5 Å². The Balaban J connectivity index is 2.75. The highest BCUT2D eigenvalue weighted by atomic mass is 16.2. The maximum Gasteiger partial charge on any atom is 0.253 e. The Labute approximate surface area is 109 Å². The average Bonchev–Trinajstić information content (AvgIpc) is 2.33. The number of nitrogens with zero attached hydrogens (tertiary/aromatic N) is 2. The van der Waals surface area contributed by atoms with E-state index in [1.54, 1.807) is 12.1 Å². The number of carbonyl (C=O) groups is 1. The maximum atomic E-state index is 12.4. The Morgan fingerprint density at radius 2 is 1.94 bits per heavy atom. The highest BCUT2D eigenvalue weighted by Crippen LogP contribution is 2.10. The van der Waals surface area contributed by atoms with Crippen LogP contribution in [-0.2, 0) is 0 Å². The SMILES string of the molecule is CCCN(CCN(C)C)C(=O)c1cccc(N)c1. The number of rotatable bonds is 6. The van der Waals surface area contributed by atoms with E-state index in [1.165, 1.54) is 0 Å². The summed E-state index contributed by atoms with van der Waals surface area (Å²) in [7, 11) is 4.02. The maximum absolute atomic E-state index is 12.4. The summed E-state index contributed by atoms with van der Waals surface area (Å²) in [4.78, 5) is 16.3. The van der Waals surface area contributed by atoms with Crippen LogP contribution in [0, 0.1) is 0 Å². The zero-order valence-electron chi connectivity index (χ0n) is 11.5. The number of nitrogen functional groups attached to an aromatic ring is 1. The Bertz CT molecular complexity index is 390. The van der Waals surface area contributed by atoms with Gasteiger partial charge in [-0.25, -0.2) is 0 Å². The van der Waals surface area contributed by atoms with Crippen molar-refractivity contribution in [1.29, 1.82) is 0 Å². The van der Waals surface area contributed by atoms with Gasteiger partial charge in [-0.15, -0.1) is 0 Å². The third-order valence-corrected chi connectivity index (χ3v) is 2.73. The molecular weight excluding hydrogens is 226 g/mol. The molecular formula is C14H23N3O. The Morgan fingerprint density at radius 1 is 1.22 bits per heavy atom. The van der Waals surface area contributed by atoms with Gasteiger partial charge in [0.25, 0.3) is 5.91 Å². The summed E-state index contributed by atoms with van der Waals surface area (Å²) in [5, 5.41) is 0. The molecule has 0 heterocycles. The van der Waals surface area contributed by atoms with Crippen LogP contribution >= 0.6 is 0 Å². The number of likely N-dealkylation sites (N-methyl/N-ethyl adjacent to an activating group) is 1. The minimum Gasteiger partial charge on any atom is -0.399 e. The standard InChI is InChI=1S/C14H23N3O/c1-4-8-17(10-9-16(2)3)14(18)12-6-5-7-13(15)11-12/h5-7,11H,4,8-10,15H2,1-3H3. The molecule has 1 aromatic carbocycles. The number of carbonyl (C=O) groups excluding carboxylic acids is 1. The van der Waals surface area contributed by atoms with Crippen LogP contribution in [0.3, 0.4) is 0 Å². The van der Waals surface area contributed by atoms with Crippen molar-refractivity contribution >= 4 is 11.6 Å². The van der Waals surface area contributed by atoms with Gasteiger partial charge >= 0.3 is 0 Å². The van der Waals surface area contributed by atoms with Gasteiger partial charge in [0.15, 0.2) is 0 Å². The topological polar surface area (TPSA) is 49.6 Å². The van der Waals surface area contributed by atoms with Gasteiger partial charge in [-0.2, -0.15) is 0 Å². The van der Waals surface area contributed by atoms with Gasteiger partial charge in [0.1, 0.15) is 0 Å². The van der Waals surface area contributed by atoms with Crippen LogP contribution in [0.4, 0.5) is 5.69 Å². The largest absolute Gasteiger partial charge is 0.399 e. The van der Waals surface area contributed by atoms with Gasteiger partial charge in [-0.3, -0.25) is 4.79 Å². The minimum atomic E-state index is 0.0611. The molecule has 0 bridgehead atoms. The second-order valence-electron chi connectivity index (χ2n) is 4.72. The van der Waals surface area contributed by atoms with Crippen LogP contribution in [0.5, 0.6) is 0 Å². The van der Waals surface area contributed by atoms with Crippen molar-refractivity contribution in [3.05, 3.63) is 29.8 Å². The van der Waals surface area contributed by atoms with Gasteiger partial charge in [0.05, 0.1) is 0 Å². The van der Waals surface area contributed by atoms with Gasteiger partial charge in [0.2, 0.25) is 0 Å². The van der Waals surface area contributed by atoms with Crippen molar-refractivity contribution in [1.82, 2.24) is 9.80 Å². The molecule has 100 valence electrons. The lowest BCUT2D eigenvalue weighted by Crippen LogP contribution is -2.37. The summed E-state index contributed by atoms with van der Waals surface area (Å²) < 4.78 is 0. The Morgan fingerprint density at radius 3 is 2.50 bits per heavy atom. The number of benzene rings is 1. The van der Waals surface area contributed by atoms with Crippen LogP contribution < -0.4 is 5.73 Å². The highest BCUT2D eigenvalue weighted by molar-refractivity contribution is 5.95. The fourth-order valence-electron chi connectivity index (χ4n) is 1.76. The van der Waals surface area contributed by atoms with Gasteiger partial charge in [0, 0.05) is 30.9 Å². The van der Waals surface area contributed by atoms with E-state index in [9.17, 15) is 4.79 Å². The molecule has 0 radical (unpaired) electrons. The van der Waals surface area contributed by atoms with E-state index in [2.05, 4.69) is 11.8 Å². The summed E-state index contributed by atoms with van der Waals surface area (Å²) in [6.07, 6.45) is 0.960. The molecule has 0 aliphatic heterocycles. The number of hydrogen-bond donors (Lipinski definition) is 1. The molecule has 0 aliphatic rings. The van der Waals surface area contributed by atoms with E-state index < -0.39 is 0 Å². The quantitative estimate of drug-likeness (QED) is 0.780. The van der Waals surface area contributed by atoms with E-state index >= 15 is 0 Å². The van der Waals surface area contributed by atoms with Crippen LogP contribution in [0.25, 0.3) is 0 Å². The fraction of sp³-hybridized carbons (Fsp3) is 0.500. The molecule has 4 heteroatoms. The van der Waals surface area contributed by atoms with Crippen LogP contribution in [0.1, 0.15) is 23.7 Å². The third-order valence-electron chi connectivity index (χ3n) is 2.73. The van der Waals surface area contributed by atoms with Crippen molar-refractivity contribution in [2.24, 2.45) is 0 Å². The van der Waals surface area contributed by atoms with Crippen LogP contribution in [0.2, 0.25) is 0 Å². The van der Waals surface area contributed by atoms with E-state index in [4.69, 9.17) is 5.73 Å². The Hall–Kier alpha value is -1.55. The molecule has 2 N–H and O–H groups in total. The van der Waals surface area contributed by atoms with E-state index in [1.807, 2.05) is 31.1 Å². The molecule has 1 aromatic rings. The normalized spacial score (nSPS) is 10.7. The summed E-state index contributed by atoms with van der Waals surface area (Å²) >= 11 is 0. The highest BCUT2D eigenvalue weighted by Gasteiger charge is 2.14. The van der Waals surface area contributed by atoms with Crippen molar-refractivity contribution in [3.63, 3.8) is 0 Å². The van der Waals surface area contributed by atoms with Crippen molar-refractivity contribution in [3.8, 4) is 0 Å². The molecule has 0 atom stereocenters. The molecule has 18 heavy (non-hydrogen) atoms. The molecule has 0 aromatic heterocycles. The average molecular weight is 249 g/mol. The monoisotopic (exact) mass is 249 g/mol. The summed E-state index contributed by atoms with van der Waals surface area (Å²) in [5.74, 6) is 0.0611. The second kappa shape index (κ2) is 7.01. The molecule has 0 saturated heterocycles.